The highest BCUT2D eigenvalue weighted by Crippen LogP contribution is 2.41. The third-order valence-corrected chi connectivity index (χ3v) is 4.14. The summed E-state index contributed by atoms with van der Waals surface area (Å²) in [6, 6.07) is 1.95. The predicted molar refractivity (Wildman–Crippen MR) is 82.3 cm³/mol. The van der Waals surface area contributed by atoms with Gasteiger partial charge in [0, 0.05) is 35.1 Å². The van der Waals surface area contributed by atoms with E-state index in [0.717, 1.165) is 27.9 Å². The second kappa shape index (κ2) is 4.03. The van der Waals surface area contributed by atoms with E-state index in [9.17, 15) is 0 Å². The molecule has 5 rings (SSSR count). The molecule has 0 saturated heterocycles. The zero-order valence-corrected chi connectivity index (χ0v) is 11.7. The number of nitrogens with zero attached hydrogens (tertiary/aromatic N) is 5. The van der Waals surface area contributed by atoms with Gasteiger partial charge in [0.2, 0.25) is 5.95 Å². The molecule has 1 fully saturated rings. The van der Waals surface area contributed by atoms with Crippen molar-refractivity contribution in [2.45, 2.75) is 18.8 Å². The van der Waals surface area contributed by atoms with Crippen molar-refractivity contribution in [1.82, 2.24) is 29.5 Å². The normalized spacial score (nSPS) is 14.9. The zero-order valence-electron chi connectivity index (χ0n) is 11.7. The molecule has 4 aromatic heterocycles. The van der Waals surface area contributed by atoms with Crippen molar-refractivity contribution < 1.29 is 0 Å². The van der Waals surface area contributed by atoms with Crippen LogP contribution in [0, 0.1) is 0 Å². The first kappa shape index (κ1) is 11.7. The van der Waals surface area contributed by atoms with Gasteiger partial charge in [-0.25, -0.2) is 14.5 Å². The van der Waals surface area contributed by atoms with Gasteiger partial charge in [0.15, 0.2) is 5.65 Å². The van der Waals surface area contributed by atoms with Gasteiger partial charge in [-0.05, 0) is 24.8 Å². The average Bonchev–Trinajstić information content (AvgIpc) is 3.15. The molecule has 22 heavy (non-hydrogen) atoms. The van der Waals surface area contributed by atoms with Gasteiger partial charge >= 0.3 is 0 Å². The van der Waals surface area contributed by atoms with E-state index in [1.54, 1.807) is 6.20 Å². The fourth-order valence-corrected chi connectivity index (χ4v) is 2.85. The maximum absolute atomic E-state index is 5.62. The first-order valence-electron chi connectivity index (χ1n) is 7.24. The highest BCUT2D eigenvalue weighted by atomic mass is 15.2. The van der Waals surface area contributed by atoms with Gasteiger partial charge in [-0.15, -0.1) is 0 Å². The fraction of sp³-hybridized carbons (Fsp3) is 0.200. The Morgan fingerprint density at radius 3 is 3.00 bits per heavy atom. The largest absolute Gasteiger partial charge is 0.368 e. The molecule has 0 radical (unpaired) electrons. The second-order valence-corrected chi connectivity index (χ2v) is 5.65. The minimum Gasteiger partial charge on any atom is -0.368 e. The highest BCUT2D eigenvalue weighted by Gasteiger charge is 2.27. The molecule has 4 aromatic rings. The standard InChI is InChI=1S/C15H13N7/c16-15-18-6-11-10(5-17-13(11)21-15)12-3-4-22-14(20-12)9(7-19-22)8-1-2-8/h3-8H,1-2H2,(H3,16,17,18,21). The van der Waals surface area contributed by atoms with E-state index in [-0.39, 0.29) is 5.95 Å². The summed E-state index contributed by atoms with van der Waals surface area (Å²) in [6.45, 7) is 0. The van der Waals surface area contributed by atoms with Crippen LogP contribution in [0.15, 0.2) is 30.9 Å². The SMILES string of the molecule is Nc1ncc2c(-c3ccn4ncc(C5CC5)c4n3)c[nH]c2n1. The number of fused-ring (bicyclic) bond motifs is 2. The van der Waals surface area contributed by atoms with E-state index >= 15 is 0 Å². The Hall–Kier alpha value is -2.96. The van der Waals surface area contributed by atoms with Crippen molar-refractivity contribution in [3.8, 4) is 11.3 Å². The number of hydrogen-bond donors (Lipinski definition) is 2. The lowest BCUT2D eigenvalue weighted by atomic mass is 10.1. The first-order chi connectivity index (χ1) is 10.8. The van der Waals surface area contributed by atoms with Crippen molar-refractivity contribution in [1.29, 1.82) is 0 Å². The van der Waals surface area contributed by atoms with Crippen molar-refractivity contribution in [2.75, 3.05) is 5.73 Å². The van der Waals surface area contributed by atoms with E-state index in [0.29, 0.717) is 5.92 Å². The summed E-state index contributed by atoms with van der Waals surface area (Å²) < 4.78 is 1.83. The molecule has 0 aromatic carbocycles. The average molecular weight is 291 g/mol. The molecule has 7 heteroatoms. The van der Waals surface area contributed by atoms with Crippen LogP contribution in [0.25, 0.3) is 27.9 Å². The van der Waals surface area contributed by atoms with Crippen LogP contribution in [0.4, 0.5) is 5.95 Å². The van der Waals surface area contributed by atoms with Gasteiger partial charge in [0.1, 0.15) is 5.65 Å². The summed E-state index contributed by atoms with van der Waals surface area (Å²) in [6.07, 6.45) is 9.96. The molecule has 0 bridgehead atoms. The lowest BCUT2D eigenvalue weighted by Crippen LogP contribution is -1.94. The number of anilines is 1. The molecule has 0 unspecified atom stereocenters. The Kier molecular flexibility index (Phi) is 2.14. The molecule has 1 aliphatic carbocycles. The van der Waals surface area contributed by atoms with Crippen LogP contribution >= 0.6 is 0 Å². The van der Waals surface area contributed by atoms with Crippen LogP contribution in [0.2, 0.25) is 0 Å². The predicted octanol–water partition coefficient (Wildman–Crippen LogP) is 2.13. The molecule has 0 aliphatic heterocycles. The number of rotatable bonds is 2. The van der Waals surface area contributed by atoms with Gasteiger partial charge in [-0.1, -0.05) is 0 Å². The number of nitrogens with two attached hydrogens (primary N) is 1. The van der Waals surface area contributed by atoms with Gasteiger partial charge in [0.25, 0.3) is 0 Å². The monoisotopic (exact) mass is 291 g/mol. The zero-order chi connectivity index (χ0) is 14.7. The summed E-state index contributed by atoms with van der Waals surface area (Å²) in [7, 11) is 0. The molecule has 1 aliphatic rings. The number of aromatic nitrogens is 6. The maximum atomic E-state index is 5.62. The molecule has 3 N–H and O–H groups in total. The lowest BCUT2D eigenvalue weighted by Gasteiger charge is -2.01. The Bertz CT molecular complexity index is 1010. The van der Waals surface area contributed by atoms with Crippen LogP contribution in [0.1, 0.15) is 24.3 Å². The molecule has 108 valence electrons. The van der Waals surface area contributed by atoms with Crippen molar-refractivity contribution >= 4 is 22.6 Å². The summed E-state index contributed by atoms with van der Waals surface area (Å²) in [5.41, 5.74) is 10.4. The van der Waals surface area contributed by atoms with Crippen LogP contribution in [0.3, 0.4) is 0 Å². The molecular weight excluding hydrogens is 278 g/mol. The van der Waals surface area contributed by atoms with Gasteiger partial charge in [-0.3, -0.25) is 0 Å². The molecule has 4 heterocycles. The van der Waals surface area contributed by atoms with Crippen molar-refractivity contribution in [3.63, 3.8) is 0 Å². The fourth-order valence-electron chi connectivity index (χ4n) is 2.85. The number of nitrogen functional groups attached to an aromatic ring is 1. The van der Waals surface area contributed by atoms with Crippen molar-refractivity contribution in [2.24, 2.45) is 0 Å². The Balaban J connectivity index is 1.72. The summed E-state index contributed by atoms with van der Waals surface area (Å²) in [5.74, 6) is 0.877. The van der Waals surface area contributed by atoms with Crippen LogP contribution in [0.5, 0.6) is 0 Å². The minimum atomic E-state index is 0.260. The van der Waals surface area contributed by atoms with Gasteiger partial charge in [-0.2, -0.15) is 10.1 Å². The lowest BCUT2D eigenvalue weighted by molar-refractivity contribution is 0.941. The molecular formula is C15H13N7. The topological polar surface area (TPSA) is 97.8 Å². The molecule has 7 nitrogen and oxygen atoms in total. The summed E-state index contributed by atoms with van der Waals surface area (Å²) in [4.78, 5) is 16.2. The Morgan fingerprint density at radius 1 is 1.23 bits per heavy atom. The molecule has 0 spiro atoms. The van der Waals surface area contributed by atoms with Gasteiger partial charge < -0.3 is 10.7 Å². The maximum Gasteiger partial charge on any atom is 0.221 e. The minimum absolute atomic E-state index is 0.260. The third-order valence-electron chi connectivity index (χ3n) is 4.14. The number of nitrogens with one attached hydrogen (secondary N) is 1. The first-order valence-corrected chi connectivity index (χ1v) is 7.24. The third kappa shape index (κ3) is 1.62. The summed E-state index contributed by atoms with van der Waals surface area (Å²) >= 11 is 0. The van der Waals surface area contributed by atoms with E-state index in [4.69, 9.17) is 10.7 Å². The molecule has 1 saturated carbocycles. The highest BCUT2D eigenvalue weighted by molar-refractivity contribution is 5.92. The molecule has 0 atom stereocenters. The van der Waals surface area contributed by atoms with Crippen LogP contribution in [-0.4, -0.2) is 29.5 Å². The smallest absolute Gasteiger partial charge is 0.221 e. The number of aromatic amines is 1. The molecule has 0 amide bonds. The number of H-pyrrole nitrogens is 1. The van der Waals surface area contributed by atoms with E-state index < -0.39 is 0 Å². The number of hydrogen-bond acceptors (Lipinski definition) is 5. The van der Waals surface area contributed by atoms with Crippen molar-refractivity contribution in [3.05, 3.63) is 36.4 Å². The van der Waals surface area contributed by atoms with Crippen LogP contribution in [-0.2, 0) is 0 Å². The Morgan fingerprint density at radius 2 is 2.14 bits per heavy atom. The second-order valence-electron chi connectivity index (χ2n) is 5.65. The quantitative estimate of drug-likeness (QED) is 0.589. The van der Waals surface area contributed by atoms with E-state index in [1.807, 2.05) is 29.2 Å². The Labute approximate surface area is 125 Å². The van der Waals surface area contributed by atoms with E-state index in [2.05, 4.69) is 20.1 Å². The van der Waals surface area contributed by atoms with Gasteiger partial charge in [0.05, 0.1) is 11.9 Å². The summed E-state index contributed by atoms with van der Waals surface area (Å²) in [5, 5.41) is 5.30. The van der Waals surface area contributed by atoms with Crippen LogP contribution < -0.4 is 5.73 Å². The van der Waals surface area contributed by atoms with E-state index in [1.165, 1.54) is 18.4 Å².